The van der Waals surface area contributed by atoms with Gasteiger partial charge in [0.2, 0.25) is 5.91 Å². The van der Waals surface area contributed by atoms with E-state index in [1.807, 2.05) is 24.3 Å². The van der Waals surface area contributed by atoms with Crippen LogP contribution in [0, 0.1) is 0 Å². The Bertz CT molecular complexity index is 1070. The summed E-state index contributed by atoms with van der Waals surface area (Å²) in [6.07, 6.45) is 3.49. The highest BCUT2D eigenvalue weighted by molar-refractivity contribution is 8.15. The van der Waals surface area contributed by atoms with E-state index in [4.69, 9.17) is 0 Å². The molecule has 2 aromatic carbocycles. The van der Waals surface area contributed by atoms with Crippen LogP contribution < -0.4 is 10.6 Å². The Morgan fingerprint density at radius 3 is 2.24 bits per heavy atom. The zero-order valence-corrected chi connectivity index (χ0v) is 20.4. The first-order valence-electron chi connectivity index (χ1n) is 11.7. The molecule has 8 heteroatoms. The summed E-state index contributed by atoms with van der Waals surface area (Å²) in [5, 5.41) is 5.97. The predicted octanol–water partition coefficient (Wildman–Crippen LogP) is 4.87. The lowest BCUT2D eigenvalue weighted by atomic mass is 10.0. The van der Waals surface area contributed by atoms with Crippen LogP contribution in [0.5, 0.6) is 0 Å². The molecule has 2 aliphatic rings. The molecule has 0 bridgehead atoms. The second-order valence-electron chi connectivity index (χ2n) is 8.95. The molecule has 178 valence electrons. The van der Waals surface area contributed by atoms with Gasteiger partial charge in [-0.1, -0.05) is 37.7 Å². The van der Waals surface area contributed by atoms with Crippen LogP contribution in [0.2, 0.25) is 0 Å². The van der Waals surface area contributed by atoms with Crippen LogP contribution in [0.15, 0.2) is 53.5 Å². The number of amides is 3. The number of piperidine rings is 1. The average Bonchev–Trinajstić information content (AvgIpc) is 3.20. The van der Waals surface area contributed by atoms with Gasteiger partial charge in [0, 0.05) is 36.4 Å². The Kier molecular flexibility index (Phi) is 7.67. The lowest BCUT2D eigenvalue weighted by molar-refractivity contribution is -0.121. The van der Waals surface area contributed by atoms with Crippen molar-refractivity contribution in [2.45, 2.75) is 50.7 Å². The molecule has 0 saturated carbocycles. The molecule has 34 heavy (non-hydrogen) atoms. The maximum Gasteiger partial charge on any atom is 0.262 e. The number of thioether (sulfide) groups is 1. The molecule has 2 N–H and O–H groups in total. The van der Waals surface area contributed by atoms with Gasteiger partial charge in [-0.25, -0.2) is 0 Å². The van der Waals surface area contributed by atoms with Gasteiger partial charge in [-0.15, -0.1) is 0 Å². The molecule has 7 nitrogen and oxygen atoms in total. The van der Waals surface area contributed by atoms with Gasteiger partial charge in [-0.3, -0.25) is 14.4 Å². The van der Waals surface area contributed by atoms with E-state index in [2.05, 4.69) is 34.4 Å². The van der Waals surface area contributed by atoms with E-state index < -0.39 is 5.25 Å². The molecule has 0 unspecified atom stereocenters. The van der Waals surface area contributed by atoms with Crippen LogP contribution in [0.1, 0.15) is 61.4 Å². The van der Waals surface area contributed by atoms with Crippen molar-refractivity contribution in [3.63, 3.8) is 0 Å². The van der Waals surface area contributed by atoms with Crippen molar-refractivity contribution in [1.82, 2.24) is 4.90 Å². The number of hydrogen-bond acceptors (Lipinski definition) is 5. The van der Waals surface area contributed by atoms with Crippen molar-refractivity contribution in [2.24, 2.45) is 4.99 Å². The van der Waals surface area contributed by atoms with Crippen molar-refractivity contribution in [3.8, 4) is 0 Å². The first-order valence-corrected chi connectivity index (χ1v) is 12.6. The third kappa shape index (κ3) is 6.05. The van der Waals surface area contributed by atoms with E-state index >= 15 is 0 Å². The molecule has 1 atom stereocenters. The molecule has 0 radical (unpaired) electrons. The Morgan fingerprint density at radius 2 is 1.59 bits per heavy atom. The molecule has 2 aromatic rings. The maximum absolute atomic E-state index is 12.5. The number of carbonyl (C=O) groups excluding carboxylic acids is 3. The zero-order chi connectivity index (χ0) is 24.1. The number of benzene rings is 2. The number of nitrogens with one attached hydrogen (secondary N) is 2. The van der Waals surface area contributed by atoms with E-state index in [0.29, 0.717) is 17.2 Å². The molecule has 1 saturated heterocycles. The van der Waals surface area contributed by atoms with E-state index in [-0.39, 0.29) is 24.1 Å². The number of nitrogens with zero attached hydrogens (tertiary/aromatic N) is 2. The molecular formula is C26H30N4O3S. The van der Waals surface area contributed by atoms with Crippen LogP contribution in [0.25, 0.3) is 0 Å². The minimum Gasteiger partial charge on any atom is -0.351 e. The van der Waals surface area contributed by atoms with Crippen molar-refractivity contribution in [2.75, 3.05) is 23.7 Å². The van der Waals surface area contributed by atoms with Gasteiger partial charge in [0.15, 0.2) is 5.17 Å². The number of carbonyl (C=O) groups is 3. The Morgan fingerprint density at radius 1 is 0.971 bits per heavy atom. The van der Waals surface area contributed by atoms with Crippen LogP contribution in [0.3, 0.4) is 0 Å². The minimum absolute atomic E-state index is 0.0684. The normalized spacial score (nSPS) is 18.1. The second kappa shape index (κ2) is 10.9. The summed E-state index contributed by atoms with van der Waals surface area (Å²) in [5.74, 6) is -0.273. The van der Waals surface area contributed by atoms with Crippen molar-refractivity contribution < 1.29 is 14.4 Å². The summed E-state index contributed by atoms with van der Waals surface area (Å²) in [6.45, 7) is 6.08. The number of amidine groups is 1. The molecule has 0 spiro atoms. The number of aliphatic imine (C=N–C) groups is 1. The van der Waals surface area contributed by atoms with Gasteiger partial charge in [0.05, 0.1) is 0 Å². The first-order chi connectivity index (χ1) is 16.4. The molecule has 0 aromatic heterocycles. The maximum atomic E-state index is 12.5. The zero-order valence-electron chi connectivity index (χ0n) is 19.5. The highest BCUT2D eigenvalue weighted by atomic mass is 32.2. The number of rotatable bonds is 6. The molecule has 1 fully saturated rings. The summed E-state index contributed by atoms with van der Waals surface area (Å²) in [4.78, 5) is 43.6. The lowest BCUT2D eigenvalue weighted by Crippen LogP contribution is -2.33. The Balaban J connectivity index is 1.27. The standard InChI is InChI=1S/C26H30N4O3S/c1-17(2)18-6-10-21(11-7-18)28-24(32)19-8-12-20(13-9-19)27-23(31)16-22-25(33)29-26(34-22)30-14-4-3-5-15-30/h6-13,17,22H,3-5,14-16H2,1-2H3,(H,27,31)(H,28,32)/t22-/m1/s1. The predicted molar refractivity (Wildman–Crippen MR) is 137 cm³/mol. The fourth-order valence-electron chi connectivity index (χ4n) is 3.97. The van der Waals surface area contributed by atoms with E-state index in [1.54, 1.807) is 24.3 Å². The summed E-state index contributed by atoms with van der Waals surface area (Å²) in [7, 11) is 0. The molecule has 3 amide bonds. The van der Waals surface area contributed by atoms with Gasteiger partial charge in [-0.2, -0.15) is 4.99 Å². The second-order valence-corrected chi connectivity index (χ2v) is 10.1. The SMILES string of the molecule is CC(C)c1ccc(NC(=O)c2ccc(NC(=O)C[C@H]3SC(N4CCCCC4)=NC3=O)cc2)cc1. The van der Waals surface area contributed by atoms with Crippen LogP contribution in [-0.4, -0.2) is 46.1 Å². The van der Waals surface area contributed by atoms with Crippen molar-refractivity contribution >= 4 is 46.0 Å². The highest BCUT2D eigenvalue weighted by Crippen LogP contribution is 2.29. The summed E-state index contributed by atoms with van der Waals surface area (Å²) >= 11 is 1.39. The smallest absolute Gasteiger partial charge is 0.262 e. The lowest BCUT2D eigenvalue weighted by Gasteiger charge is -2.27. The average molecular weight is 479 g/mol. The van der Waals surface area contributed by atoms with E-state index in [9.17, 15) is 14.4 Å². The molecule has 2 aliphatic heterocycles. The van der Waals surface area contributed by atoms with Gasteiger partial charge >= 0.3 is 0 Å². The summed E-state index contributed by atoms with van der Waals surface area (Å²) in [5.41, 5.74) is 3.02. The topological polar surface area (TPSA) is 90.9 Å². The van der Waals surface area contributed by atoms with Crippen LogP contribution in [0.4, 0.5) is 11.4 Å². The third-order valence-corrected chi connectivity index (χ3v) is 7.21. The molecule has 4 rings (SSSR count). The van der Waals surface area contributed by atoms with Gasteiger partial charge < -0.3 is 15.5 Å². The molecular weight excluding hydrogens is 448 g/mol. The largest absolute Gasteiger partial charge is 0.351 e. The Hall–Kier alpha value is -3.13. The monoisotopic (exact) mass is 478 g/mol. The van der Waals surface area contributed by atoms with Gasteiger partial charge in [0.25, 0.3) is 11.8 Å². The fourth-order valence-corrected chi connectivity index (χ4v) is 5.09. The third-order valence-electron chi connectivity index (χ3n) is 5.99. The van der Waals surface area contributed by atoms with E-state index in [0.717, 1.165) is 36.8 Å². The number of hydrogen-bond donors (Lipinski definition) is 2. The quantitative estimate of drug-likeness (QED) is 0.618. The van der Waals surface area contributed by atoms with Crippen molar-refractivity contribution in [1.29, 1.82) is 0 Å². The summed E-state index contributed by atoms with van der Waals surface area (Å²) < 4.78 is 0. The molecule has 2 heterocycles. The number of likely N-dealkylation sites (tertiary alicyclic amines) is 1. The fraction of sp³-hybridized carbons (Fsp3) is 0.385. The van der Waals surface area contributed by atoms with Gasteiger partial charge in [0.1, 0.15) is 5.25 Å². The van der Waals surface area contributed by atoms with E-state index in [1.165, 1.54) is 23.7 Å². The van der Waals surface area contributed by atoms with Crippen LogP contribution >= 0.6 is 11.8 Å². The minimum atomic E-state index is -0.482. The Labute approximate surface area is 204 Å². The van der Waals surface area contributed by atoms with Crippen molar-refractivity contribution in [3.05, 3.63) is 59.7 Å². The summed E-state index contributed by atoms with van der Waals surface area (Å²) in [6, 6.07) is 14.5. The number of anilines is 2. The first kappa shape index (κ1) is 24.0. The highest BCUT2D eigenvalue weighted by Gasteiger charge is 2.33. The molecule has 0 aliphatic carbocycles. The van der Waals surface area contributed by atoms with Gasteiger partial charge in [-0.05, 0) is 67.1 Å². The van der Waals surface area contributed by atoms with Crippen LogP contribution in [-0.2, 0) is 9.59 Å².